The molecule has 0 radical (unpaired) electrons. The fourth-order valence-electron chi connectivity index (χ4n) is 4.49. The molecule has 0 bridgehead atoms. The van der Waals surface area contributed by atoms with E-state index in [0.717, 1.165) is 28.0 Å². The quantitative estimate of drug-likeness (QED) is 0.440. The van der Waals surface area contributed by atoms with Gasteiger partial charge in [0.15, 0.2) is 4.80 Å². The van der Waals surface area contributed by atoms with E-state index in [4.69, 9.17) is 9.47 Å². The van der Waals surface area contributed by atoms with Crippen LogP contribution in [0.15, 0.2) is 63.5 Å². The molecule has 0 saturated carbocycles. The Morgan fingerprint density at radius 2 is 1.86 bits per heavy atom. The predicted octanol–water partition coefficient (Wildman–Crippen LogP) is 4.63. The van der Waals surface area contributed by atoms with Gasteiger partial charge in [-0.2, -0.15) is 0 Å². The Morgan fingerprint density at radius 1 is 1.14 bits per heavy atom. The first-order chi connectivity index (χ1) is 17.3. The summed E-state index contributed by atoms with van der Waals surface area (Å²) in [5.74, 6) is 0.696. The minimum Gasteiger partial charge on any atom is -0.494 e. The summed E-state index contributed by atoms with van der Waals surface area (Å²) in [6.07, 6.45) is 1.92. The van der Waals surface area contributed by atoms with Crippen molar-refractivity contribution in [1.29, 1.82) is 0 Å². The number of hydrogen-bond acceptors (Lipinski definition) is 6. The lowest BCUT2D eigenvalue weighted by Gasteiger charge is -2.24. The van der Waals surface area contributed by atoms with Crippen molar-refractivity contribution in [2.75, 3.05) is 13.2 Å². The number of allylic oxidation sites excluding steroid dienone is 1. The van der Waals surface area contributed by atoms with Gasteiger partial charge in [0.25, 0.3) is 5.56 Å². The lowest BCUT2D eigenvalue weighted by atomic mass is 9.96. The van der Waals surface area contributed by atoms with Crippen molar-refractivity contribution < 1.29 is 14.3 Å². The molecule has 2 heterocycles. The van der Waals surface area contributed by atoms with E-state index >= 15 is 0 Å². The number of rotatable bonds is 7. The Bertz CT molecular complexity index is 1500. The zero-order valence-electron chi connectivity index (χ0n) is 21.6. The molecular formula is C29H32N2O4S. The summed E-state index contributed by atoms with van der Waals surface area (Å²) < 4.78 is 13.4. The molecule has 1 aromatic heterocycles. The SMILES string of the molecule is CCOC(=O)C1=C(C)N=c2s/c(=C\c3cc(C(C)C)c(OCC)cc3C)c(=O)n2[C@@H]1c1ccccc1. The number of aryl methyl sites for hydroxylation is 1. The molecule has 6 nitrogen and oxygen atoms in total. The van der Waals surface area contributed by atoms with Gasteiger partial charge in [-0.25, -0.2) is 9.79 Å². The molecule has 0 fully saturated rings. The van der Waals surface area contributed by atoms with Crippen LogP contribution in [0.5, 0.6) is 5.75 Å². The monoisotopic (exact) mass is 504 g/mol. The Morgan fingerprint density at radius 3 is 2.50 bits per heavy atom. The van der Waals surface area contributed by atoms with Crippen molar-refractivity contribution in [3.63, 3.8) is 0 Å². The number of ether oxygens (including phenoxy) is 2. The number of carbonyl (C=O) groups is 1. The number of esters is 1. The zero-order valence-corrected chi connectivity index (χ0v) is 22.4. The first-order valence-corrected chi connectivity index (χ1v) is 13.1. The number of hydrogen-bond donors (Lipinski definition) is 0. The van der Waals surface area contributed by atoms with Crippen molar-refractivity contribution in [1.82, 2.24) is 4.57 Å². The smallest absolute Gasteiger partial charge is 0.338 e. The molecule has 0 saturated heterocycles. The normalized spacial score (nSPS) is 15.6. The summed E-state index contributed by atoms with van der Waals surface area (Å²) in [5.41, 5.74) is 4.70. The number of benzene rings is 2. The van der Waals surface area contributed by atoms with Gasteiger partial charge in [0.2, 0.25) is 0 Å². The molecule has 1 atom stereocenters. The maximum absolute atomic E-state index is 13.8. The third-order valence-corrected chi connectivity index (χ3v) is 7.22. The van der Waals surface area contributed by atoms with Gasteiger partial charge in [0, 0.05) is 0 Å². The maximum atomic E-state index is 13.8. The van der Waals surface area contributed by atoms with Crippen LogP contribution in [0.2, 0.25) is 0 Å². The minimum absolute atomic E-state index is 0.179. The van der Waals surface area contributed by atoms with Gasteiger partial charge in [-0.1, -0.05) is 55.5 Å². The fourth-order valence-corrected chi connectivity index (χ4v) is 5.52. The van der Waals surface area contributed by atoms with E-state index < -0.39 is 12.0 Å². The van der Waals surface area contributed by atoms with Gasteiger partial charge in [-0.15, -0.1) is 0 Å². The lowest BCUT2D eigenvalue weighted by molar-refractivity contribution is -0.139. The van der Waals surface area contributed by atoms with Crippen molar-refractivity contribution in [2.45, 2.75) is 53.5 Å². The molecule has 1 aliphatic rings. The average Bonchev–Trinajstić information content (AvgIpc) is 3.14. The second-order valence-corrected chi connectivity index (χ2v) is 10.1. The molecular weight excluding hydrogens is 472 g/mol. The Kier molecular flexibility index (Phi) is 7.59. The Hall–Kier alpha value is -3.45. The van der Waals surface area contributed by atoms with Crippen LogP contribution in [0.4, 0.5) is 0 Å². The highest BCUT2D eigenvalue weighted by molar-refractivity contribution is 7.07. The maximum Gasteiger partial charge on any atom is 0.338 e. The zero-order chi connectivity index (χ0) is 26.0. The number of thiazole rings is 1. The second kappa shape index (κ2) is 10.7. The second-order valence-electron chi connectivity index (χ2n) is 9.05. The van der Waals surface area contributed by atoms with Crippen LogP contribution in [-0.4, -0.2) is 23.8 Å². The van der Waals surface area contributed by atoms with Gasteiger partial charge in [0.05, 0.1) is 35.1 Å². The standard InChI is InChI=1S/C29H32N2O4S/c1-7-34-23-14-18(5)21(15-22(23)17(3)4)16-24-27(32)31-26(20-12-10-9-11-13-20)25(28(33)35-8-2)19(6)30-29(31)36-24/h9-17,26H,7-8H2,1-6H3/b24-16-/t26-/m1/s1. The minimum atomic E-state index is -0.601. The number of carbonyl (C=O) groups excluding carboxylic acids is 1. The third-order valence-electron chi connectivity index (χ3n) is 6.24. The van der Waals surface area contributed by atoms with E-state index in [2.05, 4.69) is 24.9 Å². The summed E-state index contributed by atoms with van der Waals surface area (Å²) in [4.78, 5) is 32.0. The summed E-state index contributed by atoms with van der Waals surface area (Å²) in [6, 6.07) is 13.1. The van der Waals surface area contributed by atoms with E-state index in [1.807, 2.05) is 56.3 Å². The molecule has 36 heavy (non-hydrogen) atoms. The van der Waals surface area contributed by atoms with Crippen LogP contribution in [0.25, 0.3) is 6.08 Å². The highest BCUT2D eigenvalue weighted by Crippen LogP contribution is 2.32. The van der Waals surface area contributed by atoms with Crippen LogP contribution in [0, 0.1) is 6.92 Å². The molecule has 7 heteroatoms. The van der Waals surface area contributed by atoms with E-state index in [1.165, 1.54) is 11.3 Å². The Balaban J connectivity index is 1.93. The molecule has 3 aromatic rings. The highest BCUT2D eigenvalue weighted by atomic mass is 32.1. The van der Waals surface area contributed by atoms with Crippen LogP contribution in [-0.2, 0) is 9.53 Å². The van der Waals surface area contributed by atoms with Gasteiger partial charge in [-0.05, 0) is 74.1 Å². The molecule has 0 unspecified atom stereocenters. The van der Waals surface area contributed by atoms with Crippen LogP contribution in [0.1, 0.15) is 68.8 Å². The van der Waals surface area contributed by atoms with Crippen LogP contribution >= 0.6 is 11.3 Å². The topological polar surface area (TPSA) is 69.9 Å². The van der Waals surface area contributed by atoms with E-state index in [9.17, 15) is 9.59 Å². The van der Waals surface area contributed by atoms with Gasteiger partial charge >= 0.3 is 5.97 Å². The largest absolute Gasteiger partial charge is 0.494 e. The van der Waals surface area contributed by atoms with Crippen molar-refractivity contribution in [3.05, 3.63) is 95.7 Å². The third kappa shape index (κ3) is 4.80. The van der Waals surface area contributed by atoms with Crippen LogP contribution < -0.4 is 19.6 Å². The molecule has 0 N–H and O–H groups in total. The van der Waals surface area contributed by atoms with E-state index in [-0.39, 0.29) is 18.1 Å². The summed E-state index contributed by atoms with van der Waals surface area (Å²) in [5, 5.41) is 0. The summed E-state index contributed by atoms with van der Waals surface area (Å²) in [6.45, 7) is 12.7. The molecule has 2 aromatic carbocycles. The molecule has 0 aliphatic carbocycles. The van der Waals surface area contributed by atoms with Gasteiger partial charge < -0.3 is 9.47 Å². The van der Waals surface area contributed by atoms with Crippen molar-refractivity contribution in [2.24, 2.45) is 4.99 Å². The first-order valence-electron chi connectivity index (χ1n) is 12.3. The summed E-state index contributed by atoms with van der Waals surface area (Å²) in [7, 11) is 0. The Labute approximate surface area is 215 Å². The van der Waals surface area contributed by atoms with E-state index in [0.29, 0.717) is 27.2 Å². The van der Waals surface area contributed by atoms with Gasteiger partial charge in [-0.3, -0.25) is 9.36 Å². The van der Waals surface area contributed by atoms with E-state index in [1.54, 1.807) is 18.4 Å². The van der Waals surface area contributed by atoms with Crippen molar-refractivity contribution >= 4 is 23.4 Å². The molecule has 0 spiro atoms. The molecule has 1 aliphatic heterocycles. The number of aromatic nitrogens is 1. The highest BCUT2D eigenvalue weighted by Gasteiger charge is 2.33. The fraction of sp³-hybridized carbons (Fsp3) is 0.345. The average molecular weight is 505 g/mol. The van der Waals surface area contributed by atoms with Gasteiger partial charge in [0.1, 0.15) is 5.75 Å². The predicted molar refractivity (Wildman–Crippen MR) is 143 cm³/mol. The number of fused-ring (bicyclic) bond motifs is 1. The molecule has 188 valence electrons. The summed E-state index contributed by atoms with van der Waals surface area (Å²) >= 11 is 1.33. The number of nitrogens with zero attached hydrogens (tertiary/aromatic N) is 2. The lowest BCUT2D eigenvalue weighted by Crippen LogP contribution is -2.39. The molecule has 0 amide bonds. The first kappa shape index (κ1) is 25.6. The van der Waals surface area contributed by atoms with Crippen LogP contribution in [0.3, 0.4) is 0 Å². The molecule has 4 rings (SSSR count). The van der Waals surface area contributed by atoms with Crippen molar-refractivity contribution in [3.8, 4) is 5.75 Å².